The van der Waals surface area contributed by atoms with Crippen molar-refractivity contribution < 1.29 is 4.74 Å². The average molecular weight is 352 g/mol. The fourth-order valence-corrected chi connectivity index (χ4v) is 0.603. The van der Waals surface area contributed by atoms with Crippen LogP contribution in [0.4, 0.5) is 0 Å². The van der Waals surface area contributed by atoms with Crippen molar-refractivity contribution in [1.29, 1.82) is 0 Å². The zero-order valence-electron chi connectivity index (χ0n) is 4.68. The molecular formula is C5H9ORf-. The van der Waals surface area contributed by atoms with Gasteiger partial charge in [0.25, 0.3) is 0 Å². The summed E-state index contributed by atoms with van der Waals surface area (Å²) in [5.41, 5.74) is 0. The van der Waals surface area contributed by atoms with E-state index in [1.54, 1.807) is 0 Å². The smallest absolute Gasteiger partial charge is 0.0243 e. The van der Waals surface area contributed by atoms with E-state index in [0.29, 0.717) is 6.10 Å². The molecule has 0 bridgehead atoms. The second kappa shape index (κ2) is 2.19. The first-order valence-corrected chi connectivity index (χ1v) is 2.33. The van der Waals surface area contributed by atoms with Crippen molar-refractivity contribution in [2.75, 3.05) is 6.61 Å². The van der Waals surface area contributed by atoms with Gasteiger partial charge >= 0.3 is 0 Å². The number of hydrogen-bond acceptors (Lipinski definition) is 1. The molecule has 0 aromatic rings. The van der Waals surface area contributed by atoms with Crippen molar-refractivity contribution in [3.05, 3.63) is 6.42 Å². The maximum absolute atomic E-state index is 5.10. The third-order valence-corrected chi connectivity index (χ3v) is 0.997. The molecule has 0 aliphatic carbocycles. The summed E-state index contributed by atoms with van der Waals surface area (Å²) in [6.07, 6.45) is 3.79. The zero-order chi connectivity index (χ0) is 4.41. The fourth-order valence-electron chi connectivity index (χ4n) is 0.603. The molecule has 0 radical (unpaired) electrons. The fraction of sp³-hybridized carbons (Fsp3) is 0.800. The average Bonchev–Trinajstić information content (AvgIpc) is 1.86. The predicted molar refractivity (Wildman–Crippen MR) is 24.3 cm³/mol. The van der Waals surface area contributed by atoms with Gasteiger partial charge in [-0.25, -0.2) is 0 Å². The van der Waals surface area contributed by atoms with E-state index in [9.17, 15) is 0 Å². The number of rotatable bonds is 0. The quantitative estimate of drug-likeness (QED) is 0.592. The Balaban J connectivity index is 0.000000360. The van der Waals surface area contributed by atoms with Crippen molar-refractivity contribution in [1.82, 2.24) is 0 Å². The van der Waals surface area contributed by atoms with E-state index < -0.39 is 0 Å². The molecule has 2 heteroatoms. The van der Waals surface area contributed by atoms with Crippen molar-refractivity contribution in [2.45, 2.75) is 19.4 Å². The molecular weight excluding hydrogens is 343 g/mol. The van der Waals surface area contributed by atoms with Gasteiger partial charge in [-0.05, 0) is 6.92 Å². The summed E-state index contributed by atoms with van der Waals surface area (Å²) in [4.78, 5) is 0. The summed E-state index contributed by atoms with van der Waals surface area (Å²) >= 11 is 0. The first kappa shape index (κ1) is 5.96. The molecule has 0 aromatic carbocycles. The van der Waals surface area contributed by atoms with E-state index in [-0.39, 0.29) is 0 Å². The van der Waals surface area contributed by atoms with Crippen LogP contribution in [0.1, 0.15) is 13.3 Å². The van der Waals surface area contributed by atoms with Crippen molar-refractivity contribution in [3.63, 3.8) is 0 Å². The van der Waals surface area contributed by atoms with Gasteiger partial charge in [0.2, 0.25) is 0 Å². The summed E-state index contributed by atoms with van der Waals surface area (Å²) < 4.78 is 5.10. The first-order chi connectivity index (χ1) is 2.89. The molecule has 0 saturated carbocycles. The molecule has 1 rings (SSSR count). The molecule has 0 amide bonds. The molecule has 1 heterocycles. The molecule has 0 N–H and O–H groups in total. The van der Waals surface area contributed by atoms with Crippen LogP contribution in [0.15, 0.2) is 0 Å². The molecule has 1 aliphatic heterocycles. The van der Waals surface area contributed by atoms with E-state index in [0.717, 1.165) is 13.0 Å². The Morgan fingerprint density at radius 3 is 2.57 bits per heavy atom. The van der Waals surface area contributed by atoms with Gasteiger partial charge in [0, 0.05) is 6.10 Å². The van der Waals surface area contributed by atoms with Gasteiger partial charge in [0.1, 0.15) is 0 Å². The minimum Gasteiger partial charge on any atom is -0.413 e. The monoisotopic (exact) mass is 352 g/mol. The normalized spacial score (nSPS) is 29.6. The molecule has 1 aliphatic rings. The minimum absolute atomic E-state index is 0. The topological polar surface area (TPSA) is 9.23 Å². The second-order valence-electron chi connectivity index (χ2n) is 1.67. The zero-order valence-corrected chi connectivity index (χ0v) is 11.1. The third-order valence-electron chi connectivity index (χ3n) is 0.997. The van der Waals surface area contributed by atoms with Gasteiger partial charge in [0.15, 0.2) is 0 Å². The molecule has 1 nitrogen and oxygen atoms in total. The molecule has 0 spiro atoms. The number of hydrogen-bond donors (Lipinski definition) is 0. The van der Waals surface area contributed by atoms with E-state index >= 15 is 0 Å². The molecule has 1 saturated heterocycles. The maximum Gasteiger partial charge on any atom is 0.0243 e. The van der Waals surface area contributed by atoms with E-state index in [4.69, 9.17) is 4.74 Å². The van der Waals surface area contributed by atoms with Crippen LogP contribution in [-0.2, 0) is 4.74 Å². The standard InChI is InChI=1S/C5H9O.Rf/c1-5-3-2-4-6-5;/h2,5H,3-4H2,1H3;/q-1;. The summed E-state index contributed by atoms with van der Waals surface area (Å²) in [7, 11) is 0. The van der Waals surface area contributed by atoms with Crippen LogP contribution >= 0.6 is 0 Å². The molecule has 1 unspecified atom stereocenters. The van der Waals surface area contributed by atoms with Crippen LogP contribution in [0.2, 0.25) is 0 Å². The van der Waals surface area contributed by atoms with Gasteiger partial charge in [-0.15, -0.1) is 0 Å². The van der Waals surface area contributed by atoms with Crippen LogP contribution in [-0.4, -0.2) is 12.7 Å². The van der Waals surface area contributed by atoms with Gasteiger partial charge in [-0.1, -0.05) is 6.61 Å². The molecule has 38 valence electrons. The minimum atomic E-state index is 0. The van der Waals surface area contributed by atoms with Crippen LogP contribution in [0.25, 0.3) is 0 Å². The summed E-state index contributed by atoms with van der Waals surface area (Å²) in [5.74, 6) is 0. The van der Waals surface area contributed by atoms with Gasteiger partial charge in [0.05, 0.1) is 0 Å². The summed E-state index contributed by atoms with van der Waals surface area (Å²) in [5, 5.41) is 0. The van der Waals surface area contributed by atoms with E-state index in [1.807, 2.05) is 0 Å². The van der Waals surface area contributed by atoms with Gasteiger partial charge in [-0.2, -0.15) is 6.42 Å². The Bertz CT molecular complexity index is 41.3. The predicted octanol–water partition coefficient (Wildman–Crippen LogP) is 0.999. The van der Waals surface area contributed by atoms with Crippen LogP contribution < -0.4 is 0 Å². The molecule has 0 aromatic heterocycles. The Labute approximate surface area is 38.3 Å². The van der Waals surface area contributed by atoms with Crippen molar-refractivity contribution in [3.8, 4) is 0 Å². The van der Waals surface area contributed by atoms with Crippen LogP contribution in [0.5, 0.6) is 0 Å². The Kier molecular flexibility index (Phi) is 1.86. The Hall–Kier alpha value is -1.04. The van der Waals surface area contributed by atoms with Gasteiger partial charge in [-0.3, -0.25) is 0 Å². The van der Waals surface area contributed by atoms with E-state index in [1.165, 1.54) is 0 Å². The Morgan fingerprint density at radius 1 is 1.71 bits per heavy atom. The van der Waals surface area contributed by atoms with Crippen molar-refractivity contribution >= 4 is 0 Å². The summed E-state index contributed by atoms with van der Waals surface area (Å²) in [6.45, 7) is 2.95. The molecule has 1 atom stereocenters. The maximum atomic E-state index is 5.10. The summed E-state index contributed by atoms with van der Waals surface area (Å²) in [6, 6.07) is 0. The third kappa shape index (κ3) is 1.22. The number of ether oxygens (including phenoxy) is 1. The van der Waals surface area contributed by atoms with Crippen molar-refractivity contribution in [2.24, 2.45) is 0 Å². The van der Waals surface area contributed by atoms with E-state index in [2.05, 4.69) is 13.3 Å². The van der Waals surface area contributed by atoms with Gasteiger partial charge < -0.3 is 11.2 Å². The first-order valence-electron chi connectivity index (χ1n) is 2.33. The second-order valence-corrected chi connectivity index (χ2v) is 1.67. The Morgan fingerprint density at radius 2 is 2.43 bits per heavy atom. The molecule has 1 fully saturated rings. The van der Waals surface area contributed by atoms with Crippen LogP contribution in [0.3, 0.4) is 0 Å². The van der Waals surface area contributed by atoms with Crippen LogP contribution in [0, 0.1) is 6.42 Å². The SMILES string of the molecule is CC1C[CH-]CO1.[Rf]. The largest absolute Gasteiger partial charge is 0.413 e. The molecule has 7 heavy (non-hydrogen) atoms.